The normalized spacial score (nSPS) is 12.5. The van der Waals surface area contributed by atoms with E-state index in [0.717, 1.165) is 38.6 Å². The largest absolute Gasteiger partial charge is 0.489 e. The molecule has 0 amide bonds. The molecule has 0 aliphatic carbocycles. The fourth-order valence-corrected chi connectivity index (χ4v) is 3.75. The van der Waals surface area contributed by atoms with Crippen LogP contribution < -0.4 is 15.8 Å². The molecule has 4 rings (SSSR count). The van der Waals surface area contributed by atoms with E-state index in [4.69, 9.17) is 10.5 Å². The third-order valence-electron chi connectivity index (χ3n) is 5.08. The summed E-state index contributed by atoms with van der Waals surface area (Å²) in [6, 6.07) is 18.3. The first kappa shape index (κ1) is 23.0. The van der Waals surface area contributed by atoms with Crippen LogP contribution in [0, 0.1) is 6.92 Å². The van der Waals surface area contributed by atoms with E-state index in [9.17, 15) is 13.2 Å². The second-order valence-electron chi connectivity index (χ2n) is 7.51. The number of fused-ring (bicyclic) bond motifs is 1. The number of hydrogen-bond acceptors (Lipinski definition) is 5. The number of aromatic nitrogens is 2. The van der Waals surface area contributed by atoms with Crippen molar-refractivity contribution in [2.45, 2.75) is 25.9 Å². The first-order valence-corrected chi connectivity index (χ1v) is 10.8. The average Bonchev–Trinajstić information content (AvgIpc) is 2.79. The van der Waals surface area contributed by atoms with E-state index in [2.05, 4.69) is 31.4 Å². The molecular weight excluding hydrogens is 497 g/mol. The zero-order valence-electron chi connectivity index (χ0n) is 17.5. The summed E-state index contributed by atoms with van der Waals surface area (Å²) < 4.78 is 47.1. The minimum atomic E-state index is -4.55. The Bertz CT molecular complexity index is 1280. The monoisotopic (exact) mass is 516 g/mol. The van der Waals surface area contributed by atoms with Crippen molar-refractivity contribution in [1.82, 2.24) is 10.2 Å². The highest BCUT2D eigenvalue weighted by molar-refractivity contribution is 9.10. The molecule has 9 heteroatoms. The molecule has 1 aromatic heterocycles. The summed E-state index contributed by atoms with van der Waals surface area (Å²) in [5, 5.41) is 12.9. The fourth-order valence-electron chi connectivity index (χ4n) is 3.39. The van der Waals surface area contributed by atoms with Crippen molar-refractivity contribution >= 4 is 32.5 Å². The van der Waals surface area contributed by atoms with Crippen LogP contribution in [0.15, 0.2) is 71.2 Å². The van der Waals surface area contributed by atoms with Gasteiger partial charge in [0.05, 0.1) is 11.3 Å². The first-order chi connectivity index (χ1) is 15.7. The lowest BCUT2D eigenvalue weighted by Gasteiger charge is -2.19. The molecular formula is C24H20BrF3N4O. The molecule has 0 unspecified atom stereocenters. The van der Waals surface area contributed by atoms with E-state index in [0.29, 0.717) is 5.82 Å². The second kappa shape index (κ2) is 9.36. The molecule has 0 radical (unpaired) electrons. The van der Waals surface area contributed by atoms with Crippen LogP contribution in [0.25, 0.3) is 10.8 Å². The van der Waals surface area contributed by atoms with Crippen molar-refractivity contribution in [3.63, 3.8) is 0 Å². The number of aryl methyl sites for hydroxylation is 1. The summed E-state index contributed by atoms with van der Waals surface area (Å²) >= 11 is 3.43. The predicted molar refractivity (Wildman–Crippen MR) is 125 cm³/mol. The van der Waals surface area contributed by atoms with E-state index >= 15 is 0 Å². The Balaban J connectivity index is 1.65. The summed E-state index contributed by atoms with van der Waals surface area (Å²) in [7, 11) is 0. The number of nitrogens with one attached hydrogen (secondary N) is 1. The van der Waals surface area contributed by atoms with Crippen LogP contribution in [0.1, 0.15) is 28.6 Å². The highest BCUT2D eigenvalue weighted by Crippen LogP contribution is 2.35. The van der Waals surface area contributed by atoms with Gasteiger partial charge in [0, 0.05) is 15.2 Å². The van der Waals surface area contributed by atoms with E-state index in [-0.39, 0.29) is 17.9 Å². The van der Waals surface area contributed by atoms with Gasteiger partial charge < -0.3 is 15.8 Å². The highest BCUT2D eigenvalue weighted by Gasteiger charge is 2.32. The van der Waals surface area contributed by atoms with Crippen molar-refractivity contribution in [2.24, 2.45) is 5.73 Å². The van der Waals surface area contributed by atoms with E-state index < -0.39 is 17.9 Å². The lowest BCUT2D eigenvalue weighted by Crippen LogP contribution is -2.22. The number of ether oxygens (including phenoxy) is 1. The summed E-state index contributed by atoms with van der Waals surface area (Å²) in [6.45, 7) is 1.96. The Morgan fingerprint density at radius 3 is 2.48 bits per heavy atom. The maximum atomic E-state index is 13.6. The molecule has 0 saturated carbocycles. The quantitative estimate of drug-likeness (QED) is 0.291. The predicted octanol–water partition coefficient (Wildman–Crippen LogP) is 6.37. The Kier molecular flexibility index (Phi) is 6.53. The van der Waals surface area contributed by atoms with Crippen molar-refractivity contribution in [3.05, 3.63) is 93.6 Å². The molecule has 5 nitrogen and oxygen atoms in total. The van der Waals surface area contributed by atoms with E-state index in [1.165, 1.54) is 6.07 Å². The zero-order valence-corrected chi connectivity index (χ0v) is 19.1. The maximum absolute atomic E-state index is 13.6. The zero-order chi connectivity index (χ0) is 23.6. The molecule has 0 aliphatic heterocycles. The van der Waals surface area contributed by atoms with E-state index in [1.807, 2.05) is 55.5 Å². The second-order valence-corrected chi connectivity index (χ2v) is 8.42. The standard InChI is InChI=1S/C24H20BrF3N4O/c1-14-20-8-7-18(25)12-21(20)23(32-31-14)30-22(29)16-9-17(24(26,27)28)11-19(10-16)33-13-15-5-3-2-4-6-15/h2-12,22H,13,29H2,1H3,(H,30,32)/t22-/m0/s1. The summed E-state index contributed by atoms with van der Waals surface area (Å²) in [5.74, 6) is 0.442. The van der Waals surface area contributed by atoms with Crippen molar-refractivity contribution in [2.75, 3.05) is 5.32 Å². The number of benzene rings is 3. The van der Waals surface area contributed by atoms with Gasteiger partial charge in [-0.3, -0.25) is 0 Å². The molecule has 170 valence electrons. The molecule has 0 fully saturated rings. The minimum absolute atomic E-state index is 0.0727. The molecule has 3 aromatic carbocycles. The lowest BCUT2D eigenvalue weighted by atomic mass is 10.1. The van der Waals surface area contributed by atoms with E-state index in [1.54, 1.807) is 0 Å². The topological polar surface area (TPSA) is 73.1 Å². The molecule has 4 aromatic rings. The SMILES string of the molecule is Cc1nnc(N[C@H](N)c2cc(OCc3ccccc3)cc(C(F)(F)F)c2)c2cc(Br)ccc12. The number of alkyl halides is 3. The number of halogens is 4. The van der Waals surface area contributed by atoms with Crippen LogP contribution in [0.3, 0.4) is 0 Å². The fraction of sp³-hybridized carbons (Fsp3) is 0.167. The van der Waals surface area contributed by atoms with Crippen molar-refractivity contribution in [1.29, 1.82) is 0 Å². The Morgan fingerprint density at radius 1 is 1.00 bits per heavy atom. The highest BCUT2D eigenvalue weighted by atomic mass is 79.9. The Morgan fingerprint density at radius 2 is 1.76 bits per heavy atom. The van der Waals surface area contributed by atoms with Crippen LogP contribution in [0.5, 0.6) is 5.75 Å². The molecule has 0 aliphatic rings. The Hall–Kier alpha value is -3.17. The van der Waals surface area contributed by atoms with Crippen LogP contribution in [-0.2, 0) is 12.8 Å². The first-order valence-electron chi connectivity index (χ1n) is 10.0. The van der Waals surface area contributed by atoms with Gasteiger partial charge in [0.15, 0.2) is 5.82 Å². The third kappa shape index (κ3) is 5.43. The number of anilines is 1. The van der Waals surface area contributed by atoms with Gasteiger partial charge >= 0.3 is 6.18 Å². The minimum Gasteiger partial charge on any atom is -0.489 e. The number of hydrogen-bond donors (Lipinski definition) is 2. The summed E-state index contributed by atoms with van der Waals surface area (Å²) in [5.41, 5.74) is 7.20. The number of nitrogens with zero attached hydrogens (tertiary/aromatic N) is 2. The van der Waals surface area contributed by atoms with Gasteiger partial charge in [-0.2, -0.15) is 18.3 Å². The number of rotatable bonds is 6. The third-order valence-corrected chi connectivity index (χ3v) is 5.58. The molecule has 0 saturated heterocycles. The van der Waals surface area contributed by atoms with Crippen molar-refractivity contribution in [3.8, 4) is 5.75 Å². The van der Waals surface area contributed by atoms with Crippen LogP contribution in [0.2, 0.25) is 0 Å². The van der Waals surface area contributed by atoms with Crippen LogP contribution >= 0.6 is 15.9 Å². The summed E-state index contributed by atoms with van der Waals surface area (Å²) in [4.78, 5) is 0. The van der Waals surface area contributed by atoms with Gasteiger partial charge in [-0.25, -0.2) is 0 Å². The van der Waals surface area contributed by atoms with Gasteiger partial charge in [-0.1, -0.05) is 52.3 Å². The molecule has 1 heterocycles. The lowest BCUT2D eigenvalue weighted by molar-refractivity contribution is -0.137. The molecule has 33 heavy (non-hydrogen) atoms. The maximum Gasteiger partial charge on any atom is 0.416 e. The Labute approximate surface area is 196 Å². The van der Waals surface area contributed by atoms with Gasteiger partial charge in [0.25, 0.3) is 0 Å². The molecule has 0 bridgehead atoms. The number of nitrogens with two attached hydrogens (primary N) is 1. The van der Waals surface area contributed by atoms with Gasteiger partial charge in [-0.05, 0) is 48.4 Å². The van der Waals surface area contributed by atoms with Crippen LogP contribution in [-0.4, -0.2) is 10.2 Å². The molecule has 0 spiro atoms. The molecule has 1 atom stereocenters. The van der Waals surface area contributed by atoms with Gasteiger partial charge in [0.2, 0.25) is 0 Å². The average molecular weight is 517 g/mol. The van der Waals surface area contributed by atoms with Gasteiger partial charge in [0.1, 0.15) is 18.5 Å². The molecule has 3 N–H and O–H groups in total. The van der Waals surface area contributed by atoms with Crippen molar-refractivity contribution < 1.29 is 17.9 Å². The van der Waals surface area contributed by atoms with Gasteiger partial charge in [-0.15, -0.1) is 5.10 Å². The summed E-state index contributed by atoms with van der Waals surface area (Å²) in [6.07, 6.45) is -5.53. The van der Waals surface area contributed by atoms with Crippen LogP contribution in [0.4, 0.5) is 19.0 Å². The smallest absolute Gasteiger partial charge is 0.416 e.